The molecule has 0 aliphatic heterocycles. The van der Waals surface area contributed by atoms with E-state index in [1.807, 2.05) is 6.20 Å². The first kappa shape index (κ1) is 43.7. The topological polar surface area (TPSA) is 35.9 Å². The second-order valence-corrected chi connectivity index (χ2v) is 22.6. The van der Waals surface area contributed by atoms with Gasteiger partial charge in [0.05, 0.1) is 33.8 Å². The number of imidazole rings is 1. The molecule has 3 aromatic heterocycles. The molecule has 0 fully saturated rings. The van der Waals surface area contributed by atoms with Crippen LogP contribution in [0.3, 0.4) is 0 Å². The maximum absolute atomic E-state index is 7.01. The van der Waals surface area contributed by atoms with Crippen molar-refractivity contribution in [1.29, 1.82) is 0 Å². The molecule has 5 nitrogen and oxygen atoms in total. The van der Waals surface area contributed by atoms with Crippen LogP contribution in [0.5, 0.6) is 11.5 Å². The van der Waals surface area contributed by atoms with Crippen LogP contribution in [0.2, 0.25) is 0 Å². The zero-order valence-electron chi connectivity index (χ0n) is 40.3. The summed E-state index contributed by atoms with van der Waals surface area (Å²) in [5, 5.41) is 2.34. The van der Waals surface area contributed by atoms with E-state index in [1.54, 1.807) is 0 Å². The fourth-order valence-electron chi connectivity index (χ4n) is 8.75. The minimum Gasteiger partial charge on any atom is -0.458 e. The van der Waals surface area contributed by atoms with Crippen LogP contribution in [0.1, 0.15) is 132 Å². The second-order valence-electron chi connectivity index (χ2n) is 22.6. The van der Waals surface area contributed by atoms with E-state index in [2.05, 4.69) is 245 Å². The van der Waals surface area contributed by atoms with E-state index in [0.29, 0.717) is 0 Å². The Labute approximate surface area is 376 Å². The molecule has 0 bridgehead atoms. The SMILES string of the molecule is CC(C)(C)c1cc(Oc2ccc3c4ccccc4n(-c4cc(C(C)(C)C)ccn4)c3c2)cc(-n2[c-][n+](-c3cc(-c4ccccc4)cc(C(C)(C)C)c3)c(C(C)(C)C)c2C(C)(C)C)c1. The van der Waals surface area contributed by atoms with Gasteiger partial charge in [0.15, 0.2) is 0 Å². The highest BCUT2D eigenvalue weighted by molar-refractivity contribution is 6.09. The number of hydrogen-bond donors (Lipinski definition) is 0. The van der Waals surface area contributed by atoms with Gasteiger partial charge in [0.25, 0.3) is 6.33 Å². The molecule has 0 radical (unpaired) electrons. The molecule has 0 aliphatic carbocycles. The third kappa shape index (κ3) is 8.60. The van der Waals surface area contributed by atoms with Gasteiger partial charge in [-0.1, -0.05) is 158 Å². The number of para-hydroxylation sites is 1. The Balaban J connectivity index is 1.33. The number of benzene rings is 5. The van der Waals surface area contributed by atoms with Gasteiger partial charge in [-0.3, -0.25) is 13.7 Å². The third-order valence-electron chi connectivity index (χ3n) is 12.2. The van der Waals surface area contributed by atoms with Crippen molar-refractivity contribution in [2.45, 2.75) is 131 Å². The molecule has 0 saturated carbocycles. The average Bonchev–Trinajstić information content (AvgIpc) is 3.78. The molecule has 5 heteroatoms. The summed E-state index contributed by atoms with van der Waals surface area (Å²) < 4.78 is 13.9. The van der Waals surface area contributed by atoms with E-state index >= 15 is 0 Å². The molecule has 0 spiro atoms. The Hall–Kier alpha value is -5.94. The quantitative estimate of drug-likeness (QED) is 0.124. The van der Waals surface area contributed by atoms with Gasteiger partial charge in [-0.2, -0.15) is 0 Å². The normalized spacial score (nSPS) is 13.0. The molecule has 8 rings (SSSR count). The number of ether oxygens (including phenoxy) is 1. The maximum Gasteiger partial charge on any atom is 0.269 e. The molecule has 0 aliphatic rings. The van der Waals surface area contributed by atoms with Crippen molar-refractivity contribution in [2.24, 2.45) is 0 Å². The summed E-state index contributed by atoms with van der Waals surface area (Å²) in [7, 11) is 0. The first-order chi connectivity index (χ1) is 29.4. The lowest BCUT2D eigenvalue weighted by Crippen LogP contribution is -2.41. The van der Waals surface area contributed by atoms with E-state index in [4.69, 9.17) is 9.72 Å². The molecular weight excluding hydrogens is 769 g/mol. The lowest BCUT2D eigenvalue weighted by atomic mass is 9.81. The van der Waals surface area contributed by atoms with Gasteiger partial charge in [0.2, 0.25) is 0 Å². The van der Waals surface area contributed by atoms with Crippen molar-refractivity contribution < 1.29 is 9.30 Å². The Morgan fingerprint density at radius 1 is 0.492 bits per heavy atom. The minimum atomic E-state index is -0.232. The van der Waals surface area contributed by atoms with Crippen LogP contribution < -0.4 is 9.30 Å². The van der Waals surface area contributed by atoms with Crippen LogP contribution in [-0.4, -0.2) is 14.1 Å². The van der Waals surface area contributed by atoms with Crippen LogP contribution in [0.25, 0.3) is 50.1 Å². The molecule has 324 valence electrons. The Morgan fingerprint density at radius 2 is 1.13 bits per heavy atom. The summed E-state index contributed by atoms with van der Waals surface area (Å²) in [4.78, 5) is 4.92. The highest BCUT2D eigenvalue weighted by Crippen LogP contribution is 2.40. The number of rotatable bonds is 6. The molecule has 5 aromatic carbocycles. The molecule has 0 N–H and O–H groups in total. The van der Waals surface area contributed by atoms with Gasteiger partial charge in [0.1, 0.15) is 17.3 Å². The number of nitrogens with zero attached hydrogens (tertiary/aromatic N) is 4. The second kappa shape index (κ2) is 15.4. The zero-order valence-corrected chi connectivity index (χ0v) is 40.3. The van der Waals surface area contributed by atoms with Crippen molar-refractivity contribution in [1.82, 2.24) is 14.1 Å². The van der Waals surface area contributed by atoms with E-state index in [1.165, 1.54) is 44.6 Å². The highest BCUT2D eigenvalue weighted by Gasteiger charge is 2.35. The molecule has 0 amide bonds. The first-order valence-corrected chi connectivity index (χ1v) is 22.5. The summed E-state index contributed by atoms with van der Waals surface area (Å²) in [6, 6.07) is 43.9. The smallest absolute Gasteiger partial charge is 0.269 e. The van der Waals surface area contributed by atoms with Gasteiger partial charge < -0.3 is 4.74 Å². The molecule has 63 heavy (non-hydrogen) atoms. The zero-order chi connectivity index (χ0) is 45.4. The van der Waals surface area contributed by atoms with Gasteiger partial charge in [0, 0.05) is 23.0 Å². The lowest BCUT2D eigenvalue weighted by molar-refractivity contribution is -0.611. The highest BCUT2D eigenvalue weighted by atomic mass is 16.5. The van der Waals surface area contributed by atoms with Crippen LogP contribution in [0, 0.1) is 6.33 Å². The largest absolute Gasteiger partial charge is 0.458 e. The first-order valence-electron chi connectivity index (χ1n) is 22.5. The fraction of sp³-hybridized carbons (Fsp3) is 0.345. The van der Waals surface area contributed by atoms with Gasteiger partial charge in [-0.15, -0.1) is 0 Å². The van der Waals surface area contributed by atoms with Gasteiger partial charge >= 0.3 is 0 Å². The predicted molar refractivity (Wildman–Crippen MR) is 264 cm³/mol. The number of fused-ring (bicyclic) bond motifs is 3. The Morgan fingerprint density at radius 3 is 1.78 bits per heavy atom. The summed E-state index contributed by atoms with van der Waals surface area (Å²) in [5.41, 5.74) is 12.1. The molecule has 0 atom stereocenters. The monoisotopic (exact) mass is 835 g/mol. The van der Waals surface area contributed by atoms with Crippen molar-refractivity contribution in [2.75, 3.05) is 0 Å². The van der Waals surface area contributed by atoms with Crippen LogP contribution in [0.4, 0.5) is 0 Å². The molecule has 0 unspecified atom stereocenters. The van der Waals surface area contributed by atoms with Crippen LogP contribution >= 0.6 is 0 Å². The van der Waals surface area contributed by atoms with E-state index < -0.39 is 0 Å². The maximum atomic E-state index is 7.01. The number of aromatic nitrogens is 4. The Kier molecular flexibility index (Phi) is 10.7. The summed E-state index contributed by atoms with van der Waals surface area (Å²) in [6.45, 7) is 34.4. The minimum absolute atomic E-state index is 0.0149. The van der Waals surface area contributed by atoms with Crippen LogP contribution in [0.15, 0.2) is 128 Å². The van der Waals surface area contributed by atoms with Gasteiger partial charge in [-0.25, -0.2) is 4.98 Å². The van der Waals surface area contributed by atoms with E-state index in [0.717, 1.165) is 45.1 Å². The summed E-state index contributed by atoms with van der Waals surface area (Å²) >= 11 is 0. The number of pyridine rings is 1. The van der Waals surface area contributed by atoms with Crippen molar-refractivity contribution in [3.05, 3.63) is 162 Å². The average molecular weight is 835 g/mol. The summed E-state index contributed by atoms with van der Waals surface area (Å²) in [5.74, 6) is 2.44. The molecule has 3 heterocycles. The molecular formula is C58H66N4O. The summed E-state index contributed by atoms with van der Waals surface area (Å²) in [6.07, 6.45) is 5.90. The van der Waals surface area contributed by atoms with Crippen LogP contribution in [-0.2, 0) is 27.1 Å². The fourth-order valence-corrected chi connectivity index (χ4v) is 8.75. The van der Waals surface area contributed by atoms with E-state index in [-0.39, 0.29) is 27.1 Å². The molecule has 0 saturated heterocycles. The van der Waals surface area contributed by atoms with E-state index in [9.17, 15) is 0 Å². The molecule has 8 aromatic rings. The van der Waals surface area contributed by atoms with Crippen molar-refractivity contribution in [3.8, 4) is 39.8 Å². The van der Waals surface area contributed by atoms with Crippen molar-refractivity contribution >= 4 is 21.8 Å². The Bertz CT molecular complexity index is 2980. The third-order valence-corrected chi connectivity index (χ3v) is 12.2. The number of hydrogen-bond acceptors (Lipinski definition) is 2. The standard InChI is InChI=1S/C58H66N4O/c1-54(2,3)40-27-28-59-51(34-40)62-49-24-20-19-23-47(49)48-26-25-45(36-50(48)62)63-46-33-42(56(7,8)9)32-44(35-46)61-37-60(52(57(10,11)12)53(61)58(13,14)15)43-30-39(38-21-17-16-18-22-38)29-41(31-43)55(4,5)6/h16-36H,1-15H3. The van der Waals surface area contributed by atoms with Gasteiger partial charge in [-0.05, 0) is 116 Å². The predicted octanol–water partition coefficient (Wildman–Crippen LogP) is 15.0. The lowest BCUT2D eigenvalue weighted by Gasteiger charge is -2.30. The van der Waals surface area contributed by atoms with Crippen molar-refractivity contribution in [3.63, 3.8) is 0 Å².